The number of aromatic nitrogens is 3. The van der Waals surface area contributed by atoms with Crippen LogP contribution in [-0.2, 0) is 19.4 Å². The molecule has 0 saturated heterocycles. The molecule has 2 heterocycles. The Morgan fingerprint density at radius 3 is 3.05 bits per heavy atom. The first-order valence-electron chi connectivity index (χ1n) is 6.59. The van der Waals surface area contributed by atoms with Crippen LogP contribution in [0.1, 0.15) is 40.8 Å². The summed E-state index contributed by atoms with van der Waals surface area (Å²) >= 11 is 1.59. The summed E-state index contributed by atoms with van der Waals surface area (Å²) in [5, 5.41) is 7.73. The molecule has 0 unspecified atom stereocenters. The summed E-state index contributed by atoms with van der Waals surface area (Å²) in [6.07, 6.45) is 6.36. The minimum absolute atomic E-state index is 0.182. The SMILES string of the molecule is CCn1ccc(C(=O)Nc2nc3c(s2)CCCC3)n1. The van der Waals surface area contributed by atoms with Crippen molar-refractivity contribution in [3.05, 3.63) is 28.5 Å². The third kappa shape index (κ3) is 2.53. The molecule has 1 amide bonds. The molecule has 0 radical (unpaired) electrons. The summed E-state index contributed by atoms with van der Waals surface area (Å²) in [6.45, 7) is 2.75. The highest BCUT2D eigenvalue weighted by Gasteiger charge is 2.17. The van der Waals surface area contributed by atoms with E-state index >= 15 is 0 Å². The molecule has 1 N–H and O–H groups in total. The minimum Gasteiger partial charge on any atom is -0.296 e. The molecule has 1 aliphatic carbocycles. The van der Waals surface area contributed by atoms with Crippen molar-refractivity contribution in [1.29, 1.82) is 0 Å². The van der Waals surface area contributed by atoms with Gasteiger partial charge in [-0.2, -0.15) is 5.10 Å². The lowest BCUT2D eigenvalue weighted by atomic mass is 10.0. The number of carbonyl (C=O) groups is 1. The van der Waals surface area contributed by atoms with Crippen LogP contribution >= 0.6 is 11.3 Å². The third-order valence-corrected chi connectivity index (χ3v) is 4.34. The van der Waals surface area contributed by atoms with Crippen LogP contribution in [0.2, 0.25) is 0 Å². The Morgan fingerprint density at radius 1 is 1.47 bits per heavy atom. The Balaban J connectivity index is 1.73. The van der Waals surface area contributed by atoms with Gasteiger partial charge in [-0.15, -0.1) is 11.3 Å². The molecule has 0 spiro atoms. The van der Waals surface area contributed by atoms with Crippen molar-refractivity contribution in [3.8, 4) is 0 Å². The number of carbonyl (C=O) groups excluding carboxylic acids is 1. The van der Waals surface area contributed by atoms with Crippen LogP contribution < -0.4 is 5.32 Å². The number of hydrogen-bond acceptors (Lipinski definition) is 4. The van der Waals surface area contributed by atoms with Crippen molar-refractivity contribution in [2.45, 2.75) is 39.2 Å². The lowest BCUT2D eigenvalue weighted by Crippen LogP contribution is -2.13. The number of nitrogens with one attached hydrogen (secondary N) is 1. The van der Waals surface area contributed by atoms with Crippen LogP contribution in [-0.4, -0.2) is 20.7 Å². The standard InChI is InChI=1S/C13H16N4OS/c1-2-17-8-7-10(16-17)12(18)15-13-14-9-5-3-4-6-11(9)19-13/h7-8H,2-6H2,1H3,(H,14,15,18). The molecular formula is C13H16N4OS. The zero-order chi connectivity index (χ0) is 13.2. The predicted octanol–water partition coefficient (Wildman–Crippen LogP) is 2.49. The molecule has 0 saturated carbocycles. The molecule has 0 aliphatic heterocycles. The summed E-state index contributed by atoms with van der Waals surface area (Å²) < 4.78 is 1.74. The van der Waals surface area contributed by atoms with Crippen molar-refractivity contribution in [2.24, 2.45) is 0 Å². The molecule has 100 valence electrons. The Labute approximate surface area is 115 Å². The zero-order valence-corrected chi connectivity index (χ0v) is 11.7. The van der Waals surface area contributed by atoms with Crippen molar-refractivity contribution in [1.82, 2.24) is 14.8 Å². The number of fused-ring (bicyclic) bond motifs is 1. The van der Waals surface area contributed by atoms with Gasteiger partial charge in [0.1, 0.15) is 0 Å². The minimum atomic E-state index is -0.182. The fourth-order valence-corrected chi connectivity index (χ4v) is 3.27. The number of amides is 1. The molecule has 0 fully saturated rings. The maximum absolute atomic E-state index is 12.0. The van der Waals surface area contributed by atoms with Gasteiger partial charge in [0, 0.05) is 17.6 Å². The molecule has 0 atom stereocenters. The second kappa shape index (κ2) is 5.13. The first-order chi connectivity index (χ1) is 9.26. The molecule has 1 aliphatic rings. The lowest BCUT2D eigenvalue weighted by Gasteiger charge is -2.06. The van der Waals surface area contributed by atoms with Crippen LogP contribution in [0.15, 0.2) is 12.3 Å². The topological polar surface area (TPSA) is 59.8 Å². The van der Waals surface area contributed by atoms with Crippen LogP contribution in [0.4, 0.5) is 5.13 Å². The second-order valence-electron chi connectivity index (χ2n) is 4.61. The molecular weight excluding hydrogens is 260 g/mol. The molecule has 2 aromatic heterocycles. The van der Waals surface area contributed by atoms with E-state index in [0.29, 0.717) is 10.8 Å². The van der Waals surface area contributed by atoms with Crippen molar-refractivity contribution < 1.29 is 4.79 Å². The highest BCUT2D eigenvalue weighted by molar-refractivity contribution is 7.15. The van der Waals surface area contributed by atoms with E-state index in [4.69, 9.17) is 0 Å². The largest absolute Gasteiger partial charge is 0.296 e. The van der Waals surface area contributed by atoms with E-state index < -0.39 is 0 Å². The highest BCUT2D eigenvalue weighted by atomic mass is 32.1. The Kier molecular flexibility index (Phi) is 3.33. The maximum atomic E-state index is 12.0. The number of rotatable bonds is 3. The molecule has 19 heavy (non-hydrogen) atoms. The fourth-order valence-electron chi connectivity index (χ4n) is 2.23. The molecule has 6 heteroatoms. The molecule has 0 aromatic carbocycles. The van der Waals surface area contributed by atoms with Gasteiger partial charge in [-0.1, -0.05) is 0 Å². The van der Waals surface area contributed by atoms with Gasteiger partial charge in [0.15, 0.2) is 10.8 Å². The summed E-state index contributed by atoms with van der Waals surface area (Å²) in [5.74, 6) is -0.182. The van der Waals surface area contributed by atoms with E-state index in [1.807, 2.05) is 13.1 Å². The van der Waals surface area contributed by atoms with Crippen LogP contribution in [0, 0.1) is 0 Å². The molecule has 3 rings (SSSR count). The third-order valence-electron chi connectivity index (χ3n) is 3.26. The van der Waals surface area contributed by atoms with Gasteiger partial charge in [0.05, 0.1) is 5.69 Å². The number of hydrogen-bond donors (Lipinski definition) is 1. The van der Waals surface area contributed by atoms with E-state index in [1.54, 1.807) is 22.1 Å². The molecule has 0 bridgehead atoms. The monoisotopic (exact) mass is 276 g/mol. The van der Waals surface area contributed by atoms with E-state index in [9.17, 15) is 4.79 Å². The van der Waals surface area contributed by atoms with Gasteiger partial charge in [0.2, 0.25) is 0 Å². The smallest absolute Gasteiger partial charge is 0.277 e. The number of aryl methyl sites for hydroxylation is 3. The Morgan fingerprint density at radius 2 is 2.32 bits per heavy atom. The van der Waals surface area contributed by atoms with E-state index in [1.165, 1.54) is 17.7 Å². The van der Waals surface area contributed by atoms with Gasteiger partial charge >= 0.3 is 0 Å². The van der Waals surface area contributed by atoms with Crippen molar-refractivity contribution in [2.75, 3.05) is 5.32 Å². The lowest BCUT2D eigenvalue weighted by molar-refractivity contribution is 0.102. The quantitative estimate of drug-likeness (QED) is 0.937. The van der Waals surface area contributed by atoms with Crippen LogP contribution in [0.25, 0.3) is 0 Å². The van der Waals surface area contributed by atoms with E-state index in [0.717, 1.165) is 25.1 Å². The number of anilines is 1. The predicted molar refractivity (Wildman–Crippen MR) is 74.6 cm³/mol. The van der Waals surface area contributed by atoms with Gasteiger partial charge in [-0.05, 0) is 38.7 Å². The summed E-state index contributed by atoms with van der Waals surface area (Å²) in [5.41, 5.74) is 1.60. The Hall–Kier alpha value is -1.69. The first kappa shape index (κ1) is 12.3. The fraction of sp³-hybridized carbons (Fsp3) is 0.462. The summed E-state index contributed by atoms with van der Waals surface area (Å²) in [4.78, 5) is 17.9. The zero-order valence-electron chi connectivity index (χ0n) is 10.8. The molecule has 2 aromatic rings. The summed E-state index contributed by atoms with van der Waals surface area (Å²) in [7, 11) is 0. The average molecular weight is 276 g/mol. The number of thiazole rings is 1. The second-order valence-corrected chi connectivity index (χ2v) is 5.69. The van der Waals surface area contributed by atoms with Gasteiger partial charge in [-0.25, -0.2) is 4.98 Å². The molecule has 5 nitrogen and oxygen atoms in total. The maximum Gasteiger partial charge on any atom is 0.277 e. The van der Waals surface area contributed by atoms with E-state index in [2.05, 4.69) is 15.4 Å². The summed E-state index contributed by atoms with van der Waals surface area (Å²) in [6, 6.07) is 1.73. The average Bonchev–Trinajstić information content (AvgIpc) is 3.04. The first-order valence-corrected chi connectivity index (χ1v) is 7.41. The van der Waals surface area contributed by atoms with Gasteiger partial charge in [-0.3, -0.25) is 14.8 Å². The van der Waals surface area contributed by atoms with Crippen molar-refractivity contribution in [3.63, 3.8) is 0 Å². The van der Waals surface area contributed by atoms with E-state index in [-0.39, 0.29) is 5.91 Å². The van der Waals surface area contributed by atoms with Crippen LogP contribution in [0.5, 0.6) is 0 Å². The number of nitrogens with zero attached hydrogens (tertiary/aromatic N) is 3. The van der Waals surface area contributed by atoms with Crippen molar-refractivity contribution >= 4 is 22.4 Å². The normalized spacial score (nSPS) is 14.2. The van der Waals surface area contributed by atoms with Gasteiger partial charge < -0.3 is 0 Å². The van der Waals surface area contributed by atoms with Gasteiger partial charge in [0.25, 0.3) is 5.91 Å². The highest BCUT2D eigenvalue weighted by Crippen LogP contribution is 2.29. The Bertz CT molecular complexity index is 578. The van der Waals surface area contributed by atoms with Crippen LogP contribution in [0.3, 0.4) is 0 Å².